The van der Waals surface area contributed by atoms with Crippen LogP contribution in [0.1, 0.15) is 18.5 Å². The minimum Gasteiger partial charge on any atom is -0.486 e. The fourth-order valence-corrected chi connectivity index (χ4v) is 2.22. The molecule has 5 heteroatoms. The standard InChI is InChI=1S/C14H14ClNO3/c1-9(10-2-3-17-8-10)16-12-7-14-13(6-11(12)15)18-4-5-19-14/h2-3,6-9,16H,4-5H2,1H3. The maximum Gasteiger partial charge on any atom is 0.163 e. The normalized spacial score (nSPS) is 15.1. The van der Waals surface area contributed by atoms with Crippen molar-refractivity contribution in [2.45, 2.75) is 13.0 Å². The molecule has 2 aromatic rings. The predicted octanol–water partition coefficient (Wildman–Crippen LogP) is 3.88. The molecule has 0 aliphatic carbocycles. The quantitative estimate of drug-likeness (QED) is 0.926. The van der Waals surface area contributed by atoms with Gasteiger partial charge in [-0.3, -0.25) is 0 Å². The SMILES string of the molecule is CC(Nc1cc2c(cc1Cl)OCCO2)c1ccoc1. The summed E-state index contributed by atoms with van der Waals surface area (Å²) in [7, 11) is 0. The van der Waals surface area contributed by atoms with Gasteiger partial charge in [-0.1, -0.05) is 11.6 Å². The minimum absolute atomic E-state index is 0.0961. The van der Waals surface area contributed by atoms with E-state index >= 15 is 0 Å². The van der Waals surface area contributed by atoms with Crippen LogP contribution in [0.5, 0.6) is 11.5 Å². The first kappa shape index (κ1) is 12.2. The molecule has 0 saturated carbocycles. The Hall–Kier alpha value is -1.81. The topological polar surface area (TPSA) is 43.6 Å². The van der Waals surface area contributed by atoms with Crippen LogP contribution in [0.3, 0.4) is 0 Å². The van der Waals surface area contributed by atoms with Gasteiger partial charge in [0.25, 0.3) is 0 Å². The summed E-state index contributed by atoms with van der Waals surface area (Å²) in [6.45, 7) is 3.16. The van der Waals surface area contributed by atoms with Crippen LogP contribution >= 0.6 is 11.6 Å². The monoisotopic (exact) mass is 279 g/mol. The van der Waals surface area contributed by atoms with Crippen molar-refractivity contribution in [2.24, 2.45) is 0 Å². The van der Waals surface area contributed by atoms with E-state index in [4.69, 9.17) is 25.5 Å². The van der Waals surface area contributed by atoms with Crippen LogP contribution in [0.2, 0.25) is 5.02 Å². The molecular formula is C14H14ClNO3. The van der Waals surface area contributed by atoms with Crippen molar-refractivity contribution in [3.63, 3.8) is 0 Å². The summed E-state index contributed by atoms with van der Waals surface area (Å²) < 4.78 is 16.1. The van der Waals surface area contributed by atoms with Crippen LogP contribution < -0.4 is 14.8 Å². The highest BCUT2D eigenvalue weighted by Crippen LogP contribution is 2.39. The zero-order valence-electron chi connectivity index (χ0n) is 10.5. The van der Waals surface area contributed by atoms with Gasteiger partial charge in [0.1, 0.15) is 13.2 Å². The summed E-state index contributed by atoms with van der Waals surface area (Å²) in [6, 6.07) is 5.66. The average molecular weight is 280 g/mol. The molecular weight excluding hydrogens is 266 g/mol. The lowest BCUT2D eigenvalue weighted by Crippen LogP contribution is -2.16. The van der Waals surface area contributed by atoms with Gasteiger partial charge in [-0.25, -0.2) is 0 Å². The Labute approximate surface area is 116 Å². The van der Waals surface area contributed by atoms with Gasteiger partial charge in [-0.2, -0.15) is 0 Å². The Morgan fingerprint density at radius 3 is 2.63 bits per heavy atom. The summed E-state index contributed by atoms with van der Waals surface area (Å²) in [5.41, 5.74) is 1.88. The van der Waals surface area contributed by atoms with Crippen molar-refractivity contribution in [1.29, 1.82) is 0 Å². The number of hydrogen-bond donors (Lipinski definition) is 1. The van der Waals surface area contributed by atoms with Crippen LogP contribution in [0.25, 0.3) is 0 Å². The molecule has 0 saturated heterocycles. The third-order valence-corrected chi connectivity index (χ3v) is 3.36. The molecule has 2 heterocycles. The molecule has 1 aromatic carbocycles. The first-order valence-corrected chi connectivity index (χ1v) is 6.49. The molecule has 1 N–H and O–H groups in total. The molecule has 3 rings (SSSR count). The van der Waals surface area contributed by atoms with Gasteiger partial charge < -0.3 is 19.2 Å². The number of halogens is 1. The summed E-state index contributed by atoms with van der Waals surface area (Å²) in [5, 5.41) is 3.95. The molecule has 0 radical (unpaired) electrons. The van der Waals surface area contributed by atoms with Crippen LogP contribution in [0.15, 0.2) is 35.1 Å². The highest BCUT2D eigenvalue weighted by atomic mass is 35.5. The predicted molar refractivity (Wildman–Crippen MR) is 73.2 cm³/mol. The number of rotatable bonds is 3. The maximum atomic E-state index is 6.25. The van der Waals surface area contributed by atoms with Crippen LogP contribution in [-0.2, 0) is 0 Å². The maximum absolute atomic E-state index is 6.25. The van der Waals surface area contributed by atoms with Crippen molar-refractivity contribution < 1.29 is 13.9 Å². The van der Waals surface area contributed by atoms with Crippen LogP contribution in [0.4, 0.5) is 5.69 Å². The molecule has 4 nitrogen and oxygen atoms in total. The second-order valence-corrected chi connectivity index (χ2v) is 4.81. The Balaban J connectivity index is 1.84. The molecule has 1 aliphatic heterocycles. The van der Waals surface area contributed by atoms with Gasteiger partial charge in [-0.05, 0) is 13.0 Å². The van der Waals surface area contributed by atoms with Crippen molar-refractivity contribution >= 4 is 17.3 Å². The summed E-state index contributed by atoms with van der Waals surface area (Å²) >= 11 is 6.25. The summed E-state index contributed by atoms with van der Waals surface area (Å²) in [4.78, 5) is 0. The van der Waals surface area contributed by atoms with E-state index in [0.29, 0.717) is 24.0 Å². The van der Waals surface area contributed by atoms with E-state index in [1.807, 2.05) is 19.1 Å². The molecule has 1 atom stereocenters. The smallest absolute Gasteiger partial charge is 0.163 e. The number of ether oxygens (including phenoxy) is 2. The van der Waals surface area contributed by atoms with Gasteiger partial charge in [0.05, 0.1) is 29.3 Å². The Kier molecular flexibility index (Phi) is 3.25. The van der Waals surface area contributed by atoms with E-state index in [2.05, 4.69) is 5.32 Å². The Morgan fingerprint density at radius 1 is 1.21 bits per heavy atom. The van der Waals surface area contributed by atoms with E-state index in [0.717, 1.165) is 17.0 Å². The van der Waals surface area contributed by atoms with Gasteiger partial charge in [0, 0.05) is 17.7 Å². The Bertz CT molecular complexity index is 568. The van der Waals surface area contributed by atoms with Crippen molar-refractivity contribution in [2.75, 3.05) is 18.5 Å². The lowest BCUT2D eigenvalue weighted by molar-refractivity contribution is 0.171. The molecule has 0 fully saturated rings. The van der Waals surface area contributed by atoms with Crippen LogP contribution in [-0.4, -0.2) is 13.2 Å². The molecule has 100 valence electrons. The highest BCUT2D eigenvalue weighted by Gasteiger charge is 2.16. The van der Waals surface area contributed by atoms with E-state index in [9.17, 15) is 0 Å². The highest BCUT2D eigenvalue weighted by molar-refractivity contribution is 6.33. The second-order valence-electron chi connectivity index (χ2n) is 4.40. The van der Waals surface area contributed by atoms with Gasteiger partial charge in [-0.15, -0.1) is 0 Å². The minimum atomic E-state index is 0.0961. The first-order valence-electron chi connectivity index (χ1n) is 6.12. The molecule has 1 aliphatic rings. The fraction of sp³-hybridized carbons (Fsp3) is 0.286. The molecule has 0 amide bonds. The molecule has 0 bridgehead atoms. The third kappa shape index (κ3) is 2.49. The van der Waals surface area contributed by atoms with E-state index in [1.165, 1.54) is 0 Å². The number of anilines is 1. The van der Waals surface area contributed by atoms with Crippen LogP contribution in [0, 0.1) is 0 Å². The number of fused-ring (bicyclic) bond motifs is 1. The van der Waals surface area contributed by atoms with E-state index in [-0.39, 0.29) is 6.04 Å². The van der Waals surface area contributed by atoms with Crippen molar-refractivity contribution in [3.05, 3.63) is 41.3 Å². The van der Waals surface area contributed by atoms with E-state index < -0.39 is 0 Å². The summed E-state index contributed by atoms with van der Waals surface area (Å²) in [5.74, 6) is 1.41. The van der Waals surface area contributed by atoms with Gasteiger partial charge in [0.2, 0.25) is 0 Å². The zero-order valence-corrected chi connectivity index (χ0v) is 11.2. The largest absolute Gasteiger partial charge is 0.486 e. The lowest BCUT2D eigenvalue weighted by atomic mass is 10.1. The summed E-state index contributed by atoms with van der Waals surface area (Å²) in [6.07, 6.45) is 3.36. The first-order chi connectivity index (χ1) is 9.24. The second kappa shape index (κ2) is 5.05. The Morgan fingerprint density at radius 2 is 1.95 bits per heavy atom. The molecule has 19 heavy (non-hydrogen) atoms. The number of nitrogens with one attached hydrogen (secondary N) is 1. The number of benzene rings is 1. The molecule has 1 unspecified atom stereocenters. The fourth-order valence-electron chi connectivity index (χ4n) is 2.01. The van der Waals surface area contributed by atoms with Gasteiger partial charge >= 0.3 is 0 Å². The number of hydrogen-bond acceptors (Lipinski definition) is 4. The lowest BCUT2D eigenvalue weighted by Gasteiger charge is -2.21. The zero-order chi connectivity index (χ0) is 13.2. The third-order valence-electron chi connectivity index (χ3n) is 3.05. The van der Waals surface area contributed by atoms with E-state index in [1.54, 1.807) is 18.6 Å². The van der Waals surface area contributed by atoms with Gasteiger partial charge in [0.15, 0.2) is 11.5 Å². The van der Waals surface area contributed by atoms with Crippen molar-refractivity contribution in [3.8, 4) is 11.5 Å². The number of furan rings is 1. The van der Waals surface area contributed by atoms with Crippen molar-refractivity contribution in [1.82, 2.24) is 0 Å². The molecule has 1 aromatic heterocycles. The molecule has 0 spiro atoms. The average Bonchev–Trinajstić information content (AvgIpc) is 2.93.